The maximum absolute atomic E-state index is 11.8. The van der Waals surface area contributed by atoms with Crippen molar-refractivity contribution in [1.29, 1.82) is 0 Å². The van der Waals surface area contributed by atoms with Crippen molar-refractivity contribution in [1.82, 2.24) is 5.32 Å². The Hall–Kier alpha value is -1.55. The van der Waals surface area contributed by atoms with Crippen molar-refractivity contribution < 1.29 is 14.3 Å². The molecule has 1 amide bonds. The van der Waals surface area contributed by atoms with Gasteiger partial charge in [-0.3, -0.25) is 4.79 Å². The number of carbonyl (C=O) groups excluding carboxylic acids is 1. The number of rotatable bonds is 3. The number of fused-ring (bicyclic) bond motifs is 1. The number of benzene rings is 1. The third-order valence-corrected chi connectivity index (χ3v) is 3.66. The van der Waals surface area contributed by atoms with Crippen LogP contribution in [0.1, 0.15) is 30.4 Å². The van der Waals surface area contributed by atoms with Crippen LogP contribution in [0.5, 0.6) is 5.75 Å². The van der Waals surface area contributed by atoms with Crippen LogP contribution in [0.3, 0.4) is 0 Å². The molecule has 1 fully saturated rings. The highest BCUT2D eigenvalue weighted by molar-refractivity contribution is 5.80. The number of nitrogens with one attached hydrogen (secondary N) is 1. The zero-order valence-electron chi connectivity index (χ0n) is 11.0. The van der Waals surface area contributed by atoms with Gasteiger partial charge in [0.1, 0.15) is 11.9 Å². The van der Waals surface area contributed by atoms with Crippen LogP contribution in [0.25, 0.3) is 0 Å². The SMILES string of the molecule is O=C(NCc1ccc2c(c1)CCCO2)C1CCCO1. The van der Waals surface area contributed by atoms with E-state index in [1.54, 1.807) is 0 Å². The highest BCUT2D eigenvalue weighted by Crippen LogP contribution is 2.25. The largest absolute Gasteiger partial charge is 0.493 e. The summed E-state index contributed by atoms with van der Waals surface area (Å²) in [6.45, 7) is 2.07. The minimum absolute atomic E-state index is 0.00599. The molecule has 0 aromatic heterocycles. The Labute approximate surface area is 113 Å². The molecular formula is C15H19NO3. The molecule has 4 nitrogen and oxygen atoms in total. The second-order valence-electron chi connectivity index (χ2n) is 5.11. The molecule has 0 bridgehead atoms. The first-order valence-electron chi connectivity index (χ1n) is 6.97. The van der Waals surface area contributed by atoms with Crippen molar-refractivity contribution in [2.45, 2.75) is 38.3 Å². The van der Waals surface area contributed by atoms with E-state index in [0.29, 0.717) is 13.2 Å². The third kappa shape index (κ3) is 2.89. The van der Waals surface area contributed by atoms with Crippen molar-refractivity contribution in [3.8, 4) is 5.75 Å². The van der Waals surface area contributed by atoms with E-state index in [9.17, 15) is 4.79 Å². The van der Waals surface area contributed by atoms with Crippen LogP contribution in [-0.2, 0) is 22.5 Å². The number of carbonyl (C=O) groups is 1. The normalized spacial score (nSPS) is 21.6. The number of aryl methyl sites for hydroxylation is 1. The van der Waals surface area contributed by atoms with Crippen LogP contribution in [0.4, 0.5) is 0 Å². The number of ether oxygens (including phenoxy) is 2. The molecule has 0 saturated carbocycles. The molecule has 4 heteroatoms. The van der Waals surface area contributed by atoms with Crippen molar-refractivity contribution in [2.24, 2.45) is 0 Å². The van der Waals surface area contributed by atoms with Gasteiger partial charge in [-0.25, -0.2) is 0 Å². The van der Waals surface area contributed by atoms with E-state index in [2.05, 4.69) is 11.4 Å². The summed E-state index contributed by atoms with van der Waals surface area (Å²) in [5.41, 5.74) is 2.37. The van der Waals surface area contributed by atoms with E-state index in [1.165, 1.54) is 5.56 Å². The fourth-order valence-electron chi connectivity index (χ4n) is 2.61. The summed E-state index contributed by atoms with van der Waals surface area (Å²) in [7, 11) is 0. The zero-order chi connectivity index (χ0) is 13.1. The lowest BCUT2D eigenvalue weighted by Crippen LogP contribution is -2.33. The predicted octanol–water partition coefficient (Wildman–Crippen LogP) is 1.81. The molecule has 3 rings (SSSR count). The Morgan fingerprint density at radius 3 is 3.11 bits per heavy atom. The Balaban J connectivity index is 1.59. The zero-order valence-corrected chi connectivity index (χ0v) is 11.0. The van der Waals surface area contributed by atoms with Gasteiger partial charge >= 0.3 is 0 Å². The van der Waals surface area contributed by atoms with Gasteiger partial charge in [-0.2, -0.15) is 0 Å². The molecule has 19 heavy (non-hydrogen) atoms. The maximum atomic E-state index is 11.8. The van der Waals surface area contributed by atoms with Gasteiger partial charge in [0.15, 0.2) is 0 Å². The molecule has 2 aliphatic rings. The summed E-state index contributed by atoms with van der Waals surface area (Å²) >= 11 is 0. The van der Waals surface area contributed by atoms with E-state index < -0.39 is 0 Å². The molecule has 0 spiro atoms. The van der Waals surface area contributed by atoms with Crippen LogP contribution in [0, 0.1) is 0 Å². The summed E-state index contributed by atoms with van der Waals surface area (Å²) in [5, 5.41) is 2.94. The fourth-order valence-corrected chi connectivity index (χ4v) is 2.61. The Bertz CT molecular complexity index is 466. The van der Waals surface area contributed by atoms with Gasteiger partial charge in [0.2, 0.25) is 5.91 Å². The van der Waals surface area contributed by atoms with E-state index in [4.69, 9.17) is 9.47 Å². The Morgan fingerprint density at radius 1 is 1.32 bits per heavy atom. The molecule has 1 N–H and O–H groups in total. The number of amides is 1. The van der Waals surface area contributed by atoms with E-state index >= 15 is 0 Å². The van der Waals surface area contributed by atoms with Gasteiger partial charge in [-0.1, -0.05) is 12.1 Å². The second-order valence-corrected chi connectivity index (χ2v) is 5.11. The van der Waals surface area contributed by atoms with Crippen molar-refractivity contribution in [3.63, 3.8) is 0 Å². The number of hydrogen-bond acceptors (Lipinski definition) is 3. The smallest absolute Gasteiger partial charge is 0.249 e. The summed E-state index contributed by atoms with van der Waals surface area (Å²) in [6, 6.07) is 6.15. The lowest BCUT2D eigenvalue weighted by atomic mass is 10.0. The van der Waals surface area contributed by atoms with Gasteiger partial charge < -0.3 is 14.8 Å². The molecule has 102 valence electrons. The average molecular weight is 261 g/mol. The van der Waals surface area contributed by atoms with E-state index in [1.807, 2.05) is 12.1 Å². The average Bonchev–Trinajstić information content (AvgIpc) is 2.99. The van der Waals surface area contributed by atoms with Crippen LogP contribution in [0.15, 0.2) is 18.2 Å². The minimum Gasteiger partial charge on any atom is -0.493 e. The van der Waals surface area contributed by atoms with Gasteiger partial charge in [0, 0.05) is 13.2 Å². The Kier molecular flexibility index (Phi) is 3.69. The molecule has 2 heterocycles. The topological polar surface area (TPSA) is 47.6 Å². The van der Waals surface area contributed by atoms with Gasteiger partial charge in [0.05, 0.1) is 6.61 Å². The van der Waals surface area contributed by atoms with Crippen LogP contribution < -0.4 is 10.1 Å². The molecular weight excluding hydrogens is 242 g/mol. The van der Waals surface area contributed by atoms with Gasteiger partial charge in [-0.15, -0.1) is 0 Å². The summed E-state index contributed by atoms with van der Waals surface area (Å²) in [4.78, 5) is 11.8. The minimum atomic E-state index is -0.249. The summed E-state index contributed by atoms with van der Waals surface area (Å²) < 4.78 is 10.9. The van der Waals surface area contributed by atoms with Gasteiger partial charge in [-0.05, 0) is 42.9 Å². The summed E-state index contributed by atoms with van der Waals surface area (Å²) in [6.07, 6.45) is 3.70. The van der Waals surface area contributed by atoms with Crippen LogP contribution >= 0.6 is 0 Å². The molecule has 1 unspecified atom stereocenters. The first-order valence-corrected chi connectivity index (χ1v) is 6.97. The maximum Gasteiger partial charge on any atom is 0.249 e. The fraction of sp³-hybridized carbons (Fsp3) is 0.533. The molecule has 1 aromatic rings. The van der Waals surface area contributed by atoms with E-state index in [0.717, 1.165) is 43.6 Å². The quantitative estimate of drug-likeness (QED) is 0.902. The van der Waals surface area contributed by atoms with Crippen LogP contribution in [0.2, 0.25) is 0 Å². The Morgan fingerprint density at radius 2 is 2.26 bits per heavy atom. The van der Waals surface area contributed by atoms with Crippen molar-refractivity contribution in [2.75, 3.05) is 13.2 Å². The molecule has 2 aliphatic heterocycles. The highest BCUT2D eigenvalue weighted by Gasteiger charge is 2.23. The van der Waals surface area contributed by atoms with Crippen molar-refractivity contribution >= 4 is 5.91 Å². The van der Waals surface area contributed by atoms with Crippen LogP contribution in [-0.4, -0.2) is 25.2 Å². The summed E-state index contributed by atoms with van der Waals surface area (Å²) in [5.74, 6) is 0.993. The third-order valence-electron chi connectivity index (χ3n) is 3.66. The van der Waals surface area contributed by atoms with Gasteiger partial charge in [0.25, 0.3) is 0 Å². The predicted molar refractivity (Wildman–Crippen MR) is 71.1 cm³/mol. The molecule has 0 aliphatic carbocycles. The second kappa shape index (κ2) is 5.61. The standard InChI is InChI=1S/C15H19NO3/c17-15(14-4-2-8-19-14)16-10-11-5-6-13-12(9-11)3-1-7-18-13/h5-6,9,14H,1-4,7-8,10H2,(H,16,17). The van der Waals surface area contributed by atoms with Crippen molar-refractivity contribution in [3.05, 3.63) is 29.3 Å². The highest BCUT2D eigenvalue weighted by atomic mass is 16.5. The first kappa shape index (κ1) is 12.5. The first-order chi connectivity index (χ1) is 9.33. The molecule has 1 saturated heterocycles. The molecule has 0 radical (unpaired) electrons. The lowest BCUT2D eigenvalue weighted by Gasteiger charge is -2.18. The molecule has 1 aromatic carbocycles. The monoisotopic (exact) mass is 261 g/mol. The molecule has 1 atom stereocenters. The lowest BCUT2D eigenvalue weighted by molar-refractivity contribution is -0.130. The van der Waals surface area contributed by atoms with E-state index in [-0.39, 0.29) is 12.0 Å². The number of hydrogen-bond donors (Lipinski definition) is 1.